The molecule has 0 amide bonds. The van der Waals surface area contributed by atoms with Gasteiger partial charge in [-0.1, -0.05) is 31.5 Å². The van der Waals surface area contributed by atoms with Gasteiger partial charge in [0.2, 0.25) is 0 Å². The summed E-state index contributed by atoms with van der Waals surface area (Å²) in [5.41, 5.74) is 2.39. The predicted octanol–water partition coefficient (Wildman–Crippen LogP) is 5.89. The highest BCUT2D eigenvalue weighted by atomic mass is 32.1. The SMILES string of the molecule is CCCCOc1ccc(/C=C(\CC(=O)O)c2nc3ccccc3s2)cc1OCC. The van der Waals surface area contributed by atoms with Crippen molar-refractivity contribution in [1.82, 2.24) is 4.98 Å². The topological polar surface area (TPSA) is 68.7 Å². The van der Waals surface area contributed by atoms with Crippen molar-refractivity contribution >= 4 is 39.2 Å². The standard InChI is InChI=1S/C23H25NO4S/c1-3-5-12-28-19-11-10-16(14-20(19)27-4-2)13-17(15-22(25)26)23-24-18-8-6-7-9-21(18)29-23/h6-11,13-14H,3-5,12,15H2,1-2H3,(H,25,26)/b17-13+. The average Bonchev–Trinajstić information content (AvgIpc) is 3.13. The van der Waals surface area contributed by atoms with Crippen molar-refractivity contribution in [3.63, 3.8) is 0 Å². The fourth-order valence-electron chi connectivity index (χ4n) is 2.89. The maximum Gasteiger partial charge on any atom is 0.307 e. The van der Waals surface area contributed by atoms with Gasteiger partial charge in [-0.15, -0.1) is 11.3 Å². The molecule has 6 heteroatoms. The van der Waals surface area contributed by atoms with Crippen molar-refractivity contribution in [2.45, 2.75) is 33.1 Å². The van der Waals surface area contributed by atoms with E-state index < -0.39 is 5.97 Å². The zero-order valence-electron chi connectivity index (χ0n) is 16.7. The summed E-state index contributed by atoms with van der Waals surface area (Å²) in [6.07, 6.45) is 3.81. The second-order valence-corrected chi connectivity index (χ2v) is 7.60. The van der Waals surface area contributed by atoms with E-state index in [-0.39, 0.29) is 6.42 Å². The van der Waals surface area contributed by atoms with Crippen molar-refractivity contribution in [3.05, 3.63) is 53.0 Å². The van der Waals surface area contributed by atoms with Crippen LogP contribution in [0.3, 0.4) is 0 Å². The summed E-state index contributed by atoms with van der Waals surface area (Å²) < 4.78 is 12.6. The van der Waals surface area contributed by atoms with Crippen LogP contribution in [0.5, 0.6) is 11.5 Å². The number of nitrogens with zero attached hydrogens (tertiary/aromatic N) is 1. The minimum absolute atomic E-state index is 0.0987. The van der Waals surface area contributed by atoms with E-state index in [9.17, 15) is 9.90 Å². The number of thiazole rings is 1. The van der Waals surface area contributed by atoms with Crippen molar-refractivity contribution < 1.29 is 19.4 Å². The molecule has 1 aromatic heterocycles. The lowest BCUT2D eigenvalue weighted by Gasteiger charge is -2.12. The molecule has 3 rings (SSSR count). The van der Waals surface area contributed by atoms with Gasteiger partial charge in [0, 0.05) is 0 Å². The van der Waals surface area contributed by atoms with Crippen LogP contribution in [-0.2, 0) is 4.79 Å². The lowest BCUT2D eigenvalue weighted by atomic mass is 10.1. The summed E-state index contributed by atoms with van der Waals surface area (Å²) in [4.78, 5) is 16.1. The van der Waals surface area contributed by atoms with Crippen LogP contribution in [0.15, 0.2) is 42.5 Å². The summed E-state index contributed by atoms with van der Waals surface area (Å²) in [6.45, 7) is 5.21. The van der Waals surface area contributed by atoms with Gasteiger partial charge < -0.3 is 14.6 Å². The van der Waals surface area contributed by atoms with E-state index in [0.717, 1.165) is 33.6 Å². The summed E-state index contributed by atoms with van der Waals surface area (Å²) in [5.74, 6) is 0.480. The number of aliphatic carboxylic acids is 1. The summed E-state index contributed by atoms with van der Waals surface area (Å²) in [7, 11) is 0. The Labute approximate surface area is 174 Å². The summed E-state index contributed by atoms with van der Waals surface area (Å²) >= 11 is 1.50. The van der Waals surface area contributed by atoms with Gasteiger partial charge in [0.15, 0.2) is 11.5 Å². The van der Waals surface area contributed by atoms with E-state index in [1.807, 2.05) is 55.5 Å². The number of carboxylic acids is 1. The van der Waals surface area contributed by atoms with Crippen molar-refractivity contribution in [2.24, 2.45) is 0 Å². The van der Waals surface area contributed by atoms with Crippen molar-refractivity contribution in [2.75, 3.05) is 13.2 Å². The Morgan fingerprint density at radius 2 is 1.97 bits per heavy atom. The summed E-state index contributed by atoms with van der Waals surface area (Å²) in [6, 6.07) is 13.5. The highest BCUT2D eigenvalue weighted by molar-refractivity contribution is 7.19. The monoisotopic (exact) mass is 411 g/mol. The minimum atomic E-state index is -0.889. The quantitative estimate of drug-likeness (QED) is 0.421. The number of aromatic nitrogens is 1. The fourth-order valence-corrected chi connectivity index (χ4v) is 3.87. The van der Waals surface area contributed by atoms with E-state index in [4.69, 9.17) is 9.47 Å². The number of para-hydroxylation sites is 1. The first kappa shape index (κ1) is 20.9. The number of unbranched alkanes of at least 4 members (excludes halogenated alkanes) is 1. The van der Waals surface area contributed by atoms with Gasteiger partial charge >= 0.3 is 5.97 Å². The number of hydrogen-bond acceptors (Lipinski definition) is 5. The number of ether oxygens (including phenoxy) is 2. The molecule has 1 N–H and O–H groups in total. The molecule has 0 radical (unpaired) electrons. The van der Waals surface area contributed by atoms with Crippen LogP contribution < -0.4 is 9.47 Å². The molecule has 0 aliphatic rings. The lowest BCUT2D eigenvalue weighted by molar-refractivity contribution is -0.135. The maximum atomic E-state index is 11.5. The molecule has 2 aromatic carbocycles. The molecule has 29 heavy (non-hydrogen) atoms. The van der Waals surface area contributed by atoms with E-state index in [1.165, 1.54) is 11.3 Å². The van der Waals surface area contributed by atoms with Crippen LogP contribution in [0.2, 0.25) is 0 Å². The first-order valence-corrected chi connectivity index (χ1v) is 10.6. The van der Waals surface area contributed by atoms with E-state index in [1.54, 1.807) is 0 Å². The van der Waals surface area contributed by atoms with E-state index >= 15 is 0 Å². The first-order chi connectivity index (χ1) is 14.1. The van der Waals surface area contributed by atoms with Gasteiger partial charge in [-0.2, -0.15) is 0 Å². The Hall–Kier alpha value is -2.86. The van der Waals surface area contributed by atoms with Crippen LogP contribution in [0.4, 0.5) is 0 Å². The zero-order chi connectivity index (χ0) is 20.6. The minimum Gasteiger partial charge on any atom is -0.490 e. The number of benzene rings is 2. The van der Waals surface area contributed by atoms with E-state index in [2.05, 4.69) is 11.9 Å². The molecular weight excluding hydrogens is 386 g/mol. The van der Waals surface area contributed by atoms with Gasteiger partial charge in [0.25, 0.3) is 0 Å². The zero-order valence-corrected chi connectivity index (χ0v) is 17.5. The highest BCUT2D eigenvalue weighted by Crippen LogP contribution is 2.33. The molecule has 0 spiro atoms. The summed E-state index contributed by atoms with van der Waals surface area (Å²) in [5, 5.41) is 10.1. The molecule has 0 fully saturated rings. The normalized spacial score (nSPS) is 11.6. The molecule has 152 valence electrons. The van der Waals surface area contributed by atoms with Gasteiger partial charge in [0.1, 0.15) is 5.01 Å². The van der Waals surface area contributed by atoms with Gasteiger partial charge in [-0.25, -0.2) is 4.98 Å². The predicted molar refractivity (Wildman–Crippen MR) is 118 cm³/mol. The Balaban J connectivity index is 1.95. The molecule has 0 bridgehead atoms. The number of carbonyl (C=O) groups is 1. The van der Waals surface area contributed by atoms with Gasteiger partial charge in [0.05, 0.1) is 29.9 Å². The average molecular weight is 412 g/mol. The molecule has 0 unspecified atom stereocenters. The largest absolute Gasteiger partial charge is 0.490 e. The van der Waals surface area contributed by atoms with Crippen LogP contribution in [-0.4, -0.2) is 29.3 Å². The third kappa shape index (κ3) is 5.57. The van der Waals surface area contributed by atoms with Crippen LogP contribution in [0, 0.1) is 0 Å². The Morgan fingerprint density at radius 1 is 1.14 bits per heavy atom. The number of rotatable bonds is 10. The lowest BCUT2D eigenvalue weighted by Crippen LogP contribution is -2.01. The molecule has 0 aliphatic heterocycles. The smallest absolute Gasteiger partial charge is 0.307 e. The molecule has 0 atom stereocenters. The Morgan fingerprint density at radius 3 is 2.69 bits per heavy atom. The fraction of sp³-hybridized carbons (Fsp3) is 0.304. The second kappa shape index (κ2) is 10.1. The third-order valence-electron chi connectivity index (χ3n) is 4.27. The number of carboxylic acid groups (broad SMARTS) is 1. The van der Waals surface area contributed by atoms with Crippen LogP contribution >= 0.6 is 11.3 Å². The molecule has 0 saturated carbocycles. The van der Waals surface area contributed by atoms with Crippen molar-refractivity contribution in [1.29, 1.82) is 0 Å². The van der Waals surface area contributed by atoms with Crippen LogP contribution in [0.1, 0.15) is 43.7 Å². The highest BCUT2D eigenvalue weighted by Gasteiger charge is 2.14. The van der Waals surface area contributed by atoms with Gasteiger partial charge in [-0.05, 0) is 54.8 Å². The van der Waals surface area contributed by atoms with Crippen LogP contribution in [0.25, 0.3) is 21.9 Å². The Bertz CT molecular complexity index is 976. The Kier molecular flexibility index (Phi) is 7.25. The third-order valence-corrected chi connectivity index (χ3v) is 5.39. The molecule has 5 nitrogen and oxygen atoms in total. The van der Waals surface area contributed by atoms with Crippen molar-refractivity contribution in [3.8, 4) is 11.5 Å². The molecule has 1 heterocycles. The van der Waals surface area contributed by atoms with Gasteiger partial charge in [-0.3, -0.25) is 4.79 Å². The molecular formula is C23H25NO4S. The number of hydrogen-bond donors (Lipinski definition) is 1. The second-order valence-electron chi connectivity index (χ2n) is 6.57. The molecule has 3 aromatic rings. The van der Waals surface area contributed by atoms with E-state index in [0.29, 0.717) is 30.3 Å². The maximum absolute atomic E-state index is 11.5. The molecule has 0 saturated heterocycles. The molecule has 0 aliphatic carbocycles. The number of fused-ring (bicyclic) bond motifs is 1. The first-order valence-electron chi connectivity index (χ1n) is 9.78.